The smallest absolute Gasteiger partial charge is 0.206 e. The molecule has 1 N–H and O–H groups in total. The zero-order chi connectivity index (χ0) is 19.3. The first-order chi connectivity index (χ1) is 12.8. The Bertz CT molecular complexity index is 1130. The average molecular weight is 390 g/mol. The third-order valence-electron chi connectivity index (χ3n) is 5.23. The van der Waals surface area contributed by atoms with Crippen molar-refractivity contribution in [3.8, 4) is 0 Å². The Morgan fingerprint density at radius 1 is 1.07 bits per heavy atom. The van der Waals surface area contributed by atoms with Gasteiger partial charge in [0.25, 0.3) is 0 Å². The predicted octanol–water partition coefficient (Wildman–Crippen LogP) is 3.37. The Morgan fingerprint density at radius 3 is 2.48 bits per heavy atom. The molecule has 4 nitrogen and oxygen atoms in total. The van der Waals surface area contributed by atoms with Crippen molar-refractivity contribution < 1.29 is 17.2 Å². The normalized spacial score (nSPS) is 17.7. The Balaban J connectivity index is 1.91. The van der Waals surface area contributed by atoms with Crippen molar-refractivity contribution >= 4 is 20.7 Å². The number of hydrogen-bond donors (Lipinski definition) is 1. The van der Waals surface area contributed by atoms with Crippen LogP contribution in [0.3, 0.4) is 0 Å². The molecule has 2 aromatic carbocycles. The molecule has 7 heteroatoms. The number of rotatable bonds is 2. The summed E-state index contributed by atoms with van der Waals surface area (Å²) in [6, 6.07) is 7.54. The Labute approximate surface area is 156 Å². The second kappa shape index (κ2) is 6.42. The molecule has 3 aromatic rings. The highest BCUT2D eigenvalue weighted by atomic mass is 32.2. The number of aromatic nitrogens is 1. The van der Waals surface area contributed by atoms with Gasteiger partial charge in [-0.15, -0.1) is 0 Å². The highest BCUT2D eigenvalue weighted by molar-refractivity contribution is 7.91. The van der Waals surface area contributed by atoms with Crippen molar-refractivity contribution in [2.45, 2.75) is 35.6 Å². The van der Waals surface area contributed by atoms with E-state index in [2.05, 4.69) is 16.8 Å². The molecule has 0 amide bonds. The first-order valence-electron chi connectivity index (χ1n) is 8.82. The minimum atomic E-state index is -4.02. The molecule has 0 saturated heterocycles. The molecule has 0 saturated carbocycles. The van der Waals surface area contributed by atoms with E-state index in [4.69, 9.17) is 0 Å². The van der Waals surface area contributed by atoms with E-state index in [0.717, 1.165) is 48.0 Å². The summed E-state index contributed by atoms with van der Waals surface area (Å²) in [6.07, 6.45) is 1.66. The van der Waals surface area contributed by atoms with Crippen molar-refractivity contribution in [3.63, 3.8) is 0 Å². The number of halogens is 2. The summed E-state index contributed by atoms with van der Waals surface area (Å²) in [5, 5.41) is 4.31. The summed E-state index contributed by atoms with van der Waals surface area (Å²) in [7, 11) is -2.04. The van der Waals surface area contributed by atoms with E-state index in [-0.39, 0.29) is 15.8 Å². The highest BCUT2D eigenvalue weighted by Crippen LogP contribution is 2.32. The fraction of sp³-hybridized carbons (Fsp3) is 0.300. The van der Waals surface area contributed by atoms with E-state index >= 15 is 0 Å². The SMILES string of the molecule is CC1Cc2c(n(C)c3ccc(S(=O)(=O)c4cc(F)cc(F)c4)cc23)CCN1. The molecule has 1 atom stereocenters. The van der Waals surface area contributed by atoms with Gasteiger partial charge >= 0.3 is 0 Å². The molecule has 142 valence electrons. The Kier molecular flexibility index (Phi) is 4.31. The van der Waals surface area contributed by atoms with Crippen LogP contribution in [-0.4, -0.2) is 25.6 Å². The molecule has 0 fully saturated rings. The number of aryl methyl sites for hydroxylation is 1. The van der Waals surface area contributed by atoms with Crippen molar-refractivity contribution in [2.75, 3.05) is 6.54 Å². The summed E-state index contributed by atoms with van der Waals surface area (Å²) in [6.45, 7) is 2.97. The van der Waals surface area contributed by atoms with Crippen molar-refractivity contribution in [3.05, 3.63) is 59.3 Å². The van der Waals surface area contributed by atoms with Gasteiger partial charge in [-0.25, -0.2) is 17.2 Å². The lowest BCUT2D eigenvalue weighted by atomic mass is 10.0. The largest absolute Gasteiger partial charge is 0.347 e. The molecule has 1 unspecified atom stereocenters. The summed E-state index contributed by atoms with van der Waals surface area (Å²) < 4.78 is 55.0. The maximum atomic E-state index is 13.5. The molecule has 2 heterocycles. The predicted molar refractivity (Wildman–Crippen MR) is 99.6 cm³/mol. The van der Waals surface area contributed by atoms with E-state index in [0.29, 0.717) is 6.07 Å². The van der Waals surface area contributed by atoms with Crippen LogP contribution >= 0.6 is 0 Å². The van der Waals surface area contributed by atoms with Crippen molar-refractivity contribution in [1.29, 1.82) is 0 Å². The number of benzene rings is 2. The lowest BCUT2D eigenvalue weighted by molar-refractivity contribution is 0.566. The maximum Gasteiger partial charge on any atom is 0.206 e. The van der Waals surface area contributed by atoms with Gasteiger partial charge in [0.05, 0.1) is 9.79 Å². The first-order valence-corrected chi connectivity index (χ1v) is 10.3. The number of sulfone groups is 1. The quantitative estimate of drug-likeness (QED) is 0.730. The summed E-state index contributed by atoms with van der Waals surface area (Å²) >= 11 is 0. The molecule has 1 aromatic heterocycles. The standard InChI is InChI=1S/C20H20F2N2O2S/c1-12-7-17-18-11-15(3-4-19(18)24(2)20(17)5-6-23-12)27(25,26)16-9-13(21)8-14(22)10-16/h3-4,8-12,23H,5-7H2,1-2H3. The van der Waals surface area contributed by atoms with E-state index in [1.807, 2.05) is 7.05 Å². The average Bonchev–Trinajstić information content (AvgIpc) is 2.75. The van der Waals surface area contributed by atoms with Gasteiger partial charge in [-0.05, 0) is 49.2 Å². The molecule has 1 aliphatic heterocycles. The van der Waals surface area contributed by atoms with Crippen LogP contribution < -0.4 is 5.32 Å². The number of nitrogens with zero attached hydrogens (tertiary/aromatic N) is 1. The summed E-state index contributed by atoms with van der Waals surface area (Å²) in [5.74, 6) is -1.83. The van der Waals surface area contributed by atoms with Gasteiger partial charge in [0.1, 0.15) is 11.6 Å². The van der Waals surface area contributed by atoms with Crippen LogP contribution in [0.1, 0.15) is 18.2 Å². The van der Waals surface area contributed by atoms with Crippen molar-refractivity contribution in [2.24, 2.45) is 7.05 Å². The number of fused-ring (bicyclic) bond motifs is 3. The van der Waals surface area contributed by atoms with Gasteiger partial charge in [0.15, 0.2) is 0 Å². The third-order valence-corrected chi connectivity index (χ3v) is 6.96. The molecule has 0 bridgehead atoms. The van der Waals surface area contributed by atoms with Gasteiger partial charge in [-0.3, -0.25) is 0 Å². The van der Waals surface area contributed by atoms with Crippen LogP contribution in [0.4, 0.5) is 8.78 Å². The first kappa shape index (κ1) is 18.1. The van der Waals surface area contributed by atoms with Crippen LogP contribution in [0.15, 0.2) is 46.2 Å². The molecule has 27 heavy (non-hydrogen) atoms. The van der Waals surface area contributed by atoms with Crippen LogP contribution in [0.2, 0.25) is 0 Å². The molecular weight excluding hydrogens is 370 g/mol. The van der Waals surface area contributed by atoms with E-state index in [1.54, 1.807) is 12.1 Å². The summed E-state index contributed by atoms with van der Waals surface area (Å²) in [5.41, 5.74) is 3.28. The molecule has 0 spiro atoms. The zero-order valence-corrected chi connectivity index (χ0v) is 15.9. The van der Waals surface area contributed by atoms with Crippen LogP contribution in [0.25, 0.3) is 10.9 Å². The molecule has 0 aliphatic carbocycles. The number of hydrogen-bond acceptors (Lipinski definition) is 3. The van der Waals surface area contributed by atoms with Crippen molar-refractivity contribution in [1.82, 2.24) is 9.88 Å². The second-order valence-electron chi connectivity index (χ2n) is 7.08. The van der Waals surface area contributed by atoms with Gasteiger partial charge in [0, 0.05) is 48.7 Å². The van der Waals surface area contributed by atoms with Crippen LogP contribution in [0.5, 0.6) is 0 Å². The topological polar surface area (TPSA) is 51.1 Å². The minimum absolute atomic E-state index is 0.0401. The number of nitrogens with one attached hydrogen (secondary N) is 1. The minimum Gasteiger partial charge on any atom is -0.347 e. The van der Waals surface area contributed by atoms with Gasteiger partial charge < -0.3 is 9.88 Å². The van der Waals surface area contributed by atoms with Gasteiger partial charge in [-0.2, -0.15) is 0 Å². The molecule has 4 rings (SSSR count). The third kappa shape index (κ3) is 3.04. The zero-order valence-electron chi connectivity index (χ0n) is 15.1. The van der Waals surface area contributed by atoms with Crippen LogP contribution in [-0.2, 0) is 29.7 Å². The fourth-order valence-electron chi connectivity index (χ4n) is 3.90. The molecular formula is C20H20F2N2O2S. The lowest BCUT2D eigenvalue weighted by Crippen LogP contribution is -2.27. The van der Waals surface area contributed by atoms with Gasteiger partial charge in [-0.1, -0.05) is 0 Å². The van der Waals surface area contributed by atoms with E-state index in [1.165, 1.54) is 11.8 Å². The fourth-order valence-corrected chi connectivity index (χ4v) is 5.23. The maximum absolute atomic E-state index is 13.5. The van der Waals surface area contributed by atoms with E-state index in [9.17, 15) is 17.2 Å². The Hall–Kier alpha value is -2.25. The highest BCUT2D eigenvalue weighted by Gasteiger charge is 2.24. The lowest BCUT2D eigenvalue weighted by Gasteiger charge is -2.10. The second-order valence-corrected chi connectivity index (χ2v) is 9.03. The monoisotopic (exact) mass is 390 g/mol. The summed E-state index contributed by atoms with van der Waals surface area (Å²) in [4.78, 5) is -0.338. The van der Waals surface area contributed by atoms with Gasteiger partial charge in [0.2, 0.25) is 9.84 Å². The van der Waals surface area contributed by atoms with Crippen LogP contribution in [0, 0.1) is 11.6 Å². The molecule has 1 aliphatic rings. The van der Waals surface area contributed by atoms with E-state index < -0.39 is 21.5 Å². The Morgan fingerprint density at radius 2 is 1.78 bits per heavy atom. The molecule has 0 radical (unpaired) electrons.